The van der Waals surface area contributed by atoms with Crippen LogP contribution in [0.3, 0.4) is 0 Å². The van der Waals surface area contributed by atoms with Gasteiger partial charge in [0.1, 0.15) is 11.4 Å². The molecule has 0 atom stereocenters. The molecular formula is C18H22N2O4. The number of aromatic hydroxyl groups is 1. The quantitative estimate of drug-likeness (QED) is 0.826. The lowest BCUT2D eigenvalue weighted by Gasteiger charge is -2.25. The van der Waals surface area contributed by atoms with Crippen molar-refractivity contribution in [3.8, 4) is 17.2 Å². The fourth-order valence-corrected chi connectivity index (χ4v) is 1.98. The van der Waals surface area contributed by atoms with Crippen LogP contribution in [0.25, 0.3) is 0 Å². The van der Waals surface area contributed by atoms with E-state index >= 15 is 0 Å². The Hall–Kier alpha value is -2.89. The molecule has 0 radical (unpaired) electrons. The van der Waals surface area contributed by atoms with Crippen molar-refractivity contribution in [3.05, 3.63) is 42.5 Å². The second-order valence-corrected chi connectivity index (χ2v) is 6.33. The molecule has 0 aromatic heterocycles. The van der Waals surface area contributed by atoms with Crippen LogP contribution in [-0.2, 0) is 4.74 Å². The van der Waals surface area contributed by atoms with Gasteiger partial charge in [-0.1, -0.05) is 12.1 Å². The zero-order valence-corrected chi connectivity index (χ0v) is 14.2. The van der Waals surface area contributed by atoms with Gasteiger partial charge in [-0.3, -0.25) is 4.90 Å². The van der Waals surface area contributed by atoms with Crippen LogP contribution in [0.15, 0.2) is 42.5 Å². The first kappa shape index (κ1) is 17.5. The fourth-order valence-electron chi connectivity index (χ4n) is 1.98. The molecule has 2 aromatic carbocycles. The monoisotopic (exact) mass is 330 g/mol. The third kappa shape index (κ3) is 4.32. The van der Waals surface area contributed by atoms with E-state index in [4.69, 9.17) is 15.2 Å². The molecule has 0 aliphatic rings. The van der Waals surface area contributed by atoms with Gasteiger partial charge in [0.05, 0.1) is 11.4 Å². The molecule has 0 spiro atoms. The summed E-state index contributed by atoms with van der Waals surface area (Å²) in [5.74, 6) is 0.778. The van der Waals surface area contributed by atoms with E-state index in [1.807, 2.05) is 0 Å². The number of benzene rings is 2. The minimum atomic E-state index is -0.607. The number of para-hydroxylation sites is 2. The van der Waals surface area contributed by atoms with Crippen molar-refractivity contribution < 1.29 is 19.4 Å². The normalized spacial score (nSPS) is 11.0. The summed E-state index contributed by atoms with van der Waals surface area (Å²) in [6, 6.07) is 11.5. The van der Waals surface area contributed by atoms with E-state index in [9.17, 15) is 9.90 Å². The zero-order chi connectivity index (χ0) is 17.9. The van der Waals surface area contributed by atoms with Gasteiger partial charge < -0.3 is 20.3 Å². The molecule has 24 heavy (non-hydrogen) atoms. The molecule has 0 aliphatic carbocycles. The van der Waals surface area contributed by atoms with Crippen LogP contribution < -0.4 is 15.4 Å². The molecule has 2 rings (SSSR count). The number of nitrogen functional groups attached to an aromatic ring is 1. The van der Waals surface area contributed by atoms with Crippen LogP contribution in [0.2, 0.25) is 0 Å². The van der Waals surface area contributed by atoms with Crippen LogP contribution in [-0.4, -0.2) is 23.8 Å². The predicted octanol–water partition coefficient (Wildman–Crippen LogP) is 4.14. The number of anilines is 2. The Morgan fingerprint density at radius 2 is 1.83 bits per heavy atom. The number of hydrogen-bond donors (Lipinski definition) is 2. The average molecular weight is 330 g/mol. The summed E-state index contributed by atoms with van der Waals surface area (Å²) in [6.07, 6.45) is -0.520. The molecule has 0 saturated carbocycles. The number of phenolic OH excluding ortho intramolecular Hbond substituents is 1. The van der Waals surface area contributed by atoms with Crippen molar-refractivity contribution in [1.29, 1.82) is 0 Å². The first-order chi connectivity index (χ1) is 11.2. The highest BCUT2D eigenvalue weighted by Crippen LogP contribution is 2.34. The summed E-state index contributed by atoms with van der Waals surface area (Å²) in [4.78, 5) is 13.5. The first-order valence-corrected chi connectivity index (χ1v) is 7.49. The second kappa shape index (κ2) is 6.70. The summed E-state index contributed by atoms with van der Waals surface area (Å²) in [5.41, 5.74) is 6.22. The number of nitrogens with two attached hydrogens (primary N) is 1. The number of hydrogen-bond acceptors (Lipinski definition) is 5. The fraction of sp³-hybridized carbons (Fsp3) is 0.278. The molecular weight excluding hydrogens is 308 g/mol. The van der Waals surface area contributed by atoms with E-state index in [2.05, 4.69) is 0 Å². The van der Waals surface area contributed by atoms with Gasteiger partial charge in [-0.15, -0.1) is 0 Å². The third-order valence-electron chi connectivity index (χ3n) is 3.12. The molecule has 0 saturated heterocycles. The van der Waals surface area contributed by atoms with Crippen LogP contribution in [0.4, 0.5) is 16.2 Å². The third-order valence-corrected chi connectivity index (χ3v) is 3.12. The van der Waals surface area contributed by atoms with Crippen molar-refractivity contribution in [2.24, 2.45) is 0 Å². The Kier molecular flexibility index (Phi) is 4.87. The number of rotatable bonds is 3. The highest BCUT2D eigenvalue weighted by molar-refractivity contribution is 5.91. The van der Waals surface area contributed by atoms with Gasteiger partial charge in [-0.05, 0) is 45.0 Å². The van der Waals surface area contributed by atoms with E-state index in [-0.39, 0.29) is 5.75 Å². The van der Waals surface area contributed by atoms with Crippen LogP contribution >= 0.6 is 0 Å². The van der Waals surface area contributed by atoms with E-state index in [0.717, 1.165) is 0 Å². The van der Waals surface area contributed by atoms with Crippen molar-refractivity contribution in [2.75, 3.05) is 17.7 Å². The van der Waals surface area contributed by atoms with Gasteiger partial charge >= 0.3 is 6.09 Å². The maximum absolute atomic E-state index is 12.2. The molecule has 0 fully saturated rings. The predicted molar refractivity (Wildman–Crippen MR) is 93.7 cm³/mol. The molecule has 6 heteroatoms. The molecule has 128 valence electrons. The number of phenols is 1. The molecule has 0 heterocycles. The van der Waals surface area contributed by atoms with E-state index < -0.39 is 11.7 Å². The smallest absolute Gasteiger partial charge is 0.414 e. The van der Waals surface area contributed by atoms with Crippen LogP contribution in [0.1, 0.15) is 20.8 Å². The lowest BCUT2D eigenvalue weighted by molar-refractivity contribution is 0.0589. The van der Waals surface area contributed by atoms with Gasteiger partial charge in [0.25, 0.3) is 0 Å². The van der Waals surface area contributed by atoms with E-state index in [0.29, 0.717) is 22.9 Å². The Balaban J connectivity index is 2.25. The van der Waals surface area contributed by atoms with Gasteiger partial charge in [0.15, 0.2) is 11.5 Å². The molecule has 6 nitrogen and oxygen atoms in total. The molecule has 1 amide bonds. The molecule has 0 bridgehead atoms. The van der Waals surface area contributed by atoms with Crippen molar-refractivity contribution in [3.63, 3.8) is 0 Å². The Bertz CT molecular complexity index is 738. The lowest BCUT2D eigenvalue weighted by Crippen LogP contribution is -2.34. The number of ether oxygens (including phenoxy) is 2. The minimum absolute atomic E-state index is 0.0244. The molecule has 0 aliphatic heterocycles. The van der Waals surface area contributed by atoms with Crippen molar-refractivity contribution in [1.82, 2.24) is 0 Å². The number of carbonyl (C=O) groups is 1. The highest BCUT2D eigenvalue weighted by Gasteiger charge is 2.22. The van der Waals surface area contributed by atoms with Gasteiger partial charge in [0, 0.05) is 13.1 Å². The van der Waals surface area contributed by atoms with Gasteiger partial charge in [-0.25, -0.2) is 4.79 Å². The number of carbonyl (C=O) groups excluding carboxylic acids is 1. The summed E-state index contributed by atoms with van der Waals surface area (Å²) in [5, 5.41) is 9.79. The number of nitrogens with zero attached hydrogens (tertiary/aromatic N) is 1. The highest BCUT2D eigenvalue weighted by atomic mass is 16.6. The summed E-state index contributed by atoms with van der Waals surface area (Å²) >= 11 is 0. The zero-order valence-electron chi connectivity index (χ0n) is 14.2. The number of amides is 1. The Morgan fingerprint density at radius 3 is 2.46 bits per heavy atom. The van der Waals surface area contributed by atoms with Crippen LogP contribution in [0, 0.1) is 0 Å². The Morgan fingerprint density at radius 1 is 1.17 bits per heavy atom. The largest absolute Gasteiger partial charge is 0.504 e. The van der Waals surface area contributed by atoms with E-state index in [1.165, 1.54) is 11.0 Å². The van der Waals surface area contributed by atoms with Crippen LogP contribution in [0.5, 0.6) is 17.2 Å². The molecule has 3 N–H and O–H groups in total. The minimum Gasteiger partial charge on any atom is -0.504 e. The standard InChI is InChI=1S/C18H22N2O4/c1-18(2,3)24-17(22)20(4)14-11-12(9-10-13(14)19)23-16-8-6-5-7-15(16)21/h5-11,21H,19H2,1-4H3. The maximum atomic E-state index is 12.2. The molecule has 2 aromatic rings. The lowest BCUT2D eigenvalue weighted by atomic mass is 10.2. The summed E-state index contributed by atoms with van der Waals surface area (Å²) in [6.45, 7) is 5.37. The SMILES string of the molecule is CN(C(=O)OC(C)(C)C)c1cc(Oc2ccccc2O)ccc1N. The van der Waals surface area contributed by atoms with Crippen molar-refractivity contribution in [2.45, 2.75) is 26.4 Å². The molecule has 0 unspecified atom stereocenters. The summed E-state index contributed by atoms with van der Waals surface area (Å²) in [7, 11) is 1.57. The maximum Gasteiger partial charge on any atom is 0.414 e. The first-order valence-electron chi connectivity index (χ1n) is 7.49. The second-order valence-electron chi connectivity index (χ2n) is 6.33. The van der Waals surface area contributed by atoms with E-state index in [1.54, 1.807) is 64.2 Å². The average Bonchev–Trinajstić information content (AvgIpc) is 2.49. The summed E-state index contributed by atoms with van der Waals surface area (Å²) < 4.78 is 11.0. The Labute approximate surface area is 141 Å². The van der Waals surface area contributed by atoms with Crippen molar-refractivity contribution >= 4 is 17.5 Å². The van der Waals surface area contributed by atoms with Gasteiger partial charge in [-0.2, -0.15) is 0 Å². The topological polar surface area (TPSA) is 85.0 Å². The van der Waals surface area contributed by atoms with Gasteiger partial charge in [0.2, 0.25) is 0 Å².